The largest absolute Gasteiger partial charge is 0.456 e. The molecule has 105 heavy (non-hydrogen) atoms. The second kappa shape index (κ2) is 50.1. The topological polar surface area (TPSA) is 158 Å². The van der Waals surface area contributed by atoms with E-state index in [-0.39, 0.29) is 69.4 Å². The zero-order valence-electron chi connectivity index (χ0n) is 69.9. The Hall–Kier alpha value is -4.74. The summed E-state index contributed by atoms with van der Waals surface area (Å²) in [5, 5.41) is 0. The molecule has 0 radical (unpaired) electrons. The van der Waals surface area contributed by atoms with Crippen molar-refractivity contribution in [1.82, 2.24) is 0 Å². The Morgan fingerprint density at radius 2 is 0.457 bits per heavy atom. The van der Waals surface area contributed by atoms with Crippen LogP contribution in [0.3, 0.4) is 0 Å². The Morgan fingerprint density at radius 1 is 0.276 bits per heavy atom. The van der Waals surface area contributed by atoms with E-state index in [1.165, 1.54) is 301 Å². The molecule has 8 saturated carbocycles. The molecule has 8 fully saturated rings. The third kappa shape index (κ3) is 37.0. The molecule has 12 heteroatoms. The summed E-state index contributed by atoms with van der Waals surface area (Å²) in [5.74, 6) is 1.31. The molecule has 8 aliphatic carbocycles. The van der Waals surface area contributed by atoms with E-state index in [4.69, 9.17) is 28.4 Å². The standard InChI is InChI=1S/C18H30O2.C17H28O2.C17H30O2.C15H26O2.2C13H22O2/c1-14(2)17(19)20-18(3,15-10-6-4-7-11-15)16-12-8-5-9-13-16;1-3-16(18)19-17(2,14-10-6-4-7-11-14)15-12-8-5-9-13-15;1-15(2)16(18)19-17(3)13-11-9-7-5-4-6-8-10-12-14-17;1-13(2)14(16)17-15(3)11-9-7-5-4-6-8-10-12-15;1-10(2)12(14)15-13(3,4)11-8-6-5-7-9-11;1-11(2)12(14)15-13(3)9-7-5-4-6-8-10-13/h15-16H,1,4-13H2,2-3H3;3,14-15H,1,4-13H2,2H3;1,4-14H2,2-3H3;1,4-12H2,2-3H3;11H,1,5-9H2,2-4H3;1,4-10H2,2-3H3. The fourth-order valence-electron chi connectivity index (χ4n) is 17.7. The molecular weight excluding hydrogens is 1310 g/mol. The van der Waals surface area contributed by atoms with Gasteiger partial charge in [0, 0.05) is 33.9 Å². The molecule has 0 amide bonds. The summed E-state index contributed by atoms with van der Waals surface area (Å²) in [6, 6.07) is 0. The molecule has 0 aliphatic heterocycles. The lowest BCUT2D eigenvalue weighted by atomic mass is 9.67. The Labute approximate surface area is 643 Å². The molecule has 0 aromatic rings. The highest BCUT2D eigenvalue weighted by Crippen LogP contribution is 2.47. The lowest BCUT2D eigenvalue weighted by molar-refractivity contribution is -0.172. The predicted octanol–water partition coefficient (Wildman–Crippen LogP) is 26.3. The van der Waals surface area contributed by atoms with Crippen LogP contribution in [0.1, 0.15) is 417 Å². The van der Waals surface area contributed by atoms with Crippen molar-refractivity contribution in [3.63, 3.8) is 0 Å². The van der Waals surface area contributed by atoms with E-state index < -0.39 is 0 Å². The van der Waals surface area contributed by atoms with Crippen LogP contribution in [0.25, 0.3) is 0 Å². The van der Waals surface area contributed by atoms with Gasteiger partial charge in [0.25, 0.3) is 0 Å². The van der Waals surface area contributed by atoms with E-state index in [2.05, 4.69) is 74.1 Å². The van der Waals surface area contributed by atoms with Crippen LogP contribution in [-0.2, 0) is 57.2 Å². The van der Waals surface area contributed by atoms with Crippen molar-refractivity contribution in [2.75, 3.05) is 0 Å². The maximum absolute atomic E-state index is 12.1. The lowest BCUT2D eigenvalue weighted by Crippen LogP contribution is -2.48. The van der Waals surface area contributed by atoms with E-state index >= 15 is 0 Å². The van der Waals surface area contributed by atoms with E-state index in [1.54, 1.807) is 34.6 Å². The molecule has 0 saturated heterocycles. The predicted molar refractivity (Wildman–Crippen MR) is 434 cm³/mol. The lowest BCUT2D eigenvalue weighted by Gasteiger charge is -2.46. The van der Waals surface area contributed by atoms with E-state index in [0.717, 1.165) is 38.5 Å². The summed E-state index contributed by atoms with van der Waals surface area (Å²) in [4.78, 5) is 70.3. The van der Waals surface area contributed by atoms with Crippen molar-refractivity contribution in [2.24, 2.45) is 29.6 Å². The first kappa shape index (κ1) is 94.5. The van der Waals surface area contributed by atoms with Gasteiger partial charge in [0.1, 0.15) is 33.6 Å². The SMILES string of the molecule is C=C(C)C(=O)OC(C)(C)C1CCCCC1.C=C(C)C(=O)OC(C)(C1CCCCC1)C1CCCCC1.C=C(C)C(=O)OC1(C)CCCCCCC1.C=C(C)C(=O)OC1(C)CCCCCCCCC1.C=C(C)C(=O)OC1(C)CCCCCCCCCCC1.C=CC(=O)OC(C)(C1CCCCC1)C1CCCCC1. The molecule has 0 atom stereocenters. The monoisotopic (exact) mass is 1470 g/mol. The van der Waals surface area contributed by atoms with E-state index in [9.17, 15) is 28.8 Å². The summed E-state index contributed by atoms with van der Waals surface area (Å²) in [7, 11) is 0. The number of esters is 6. The second-order valence-corrected chi connectivity index (χ2v) is 35.4. The number of ether oxygens (including phenoxy) is 6. The maximum Gasteiger partial charge on any atom is 0.333 e. The minimum absolute atomic E-state index is 0.191. The molecule has 8 rings (SSSR count). The fourth-order valence-corrected chi connectivity index (χ4v) is 17.7. The second-order valence-electron chi connectivity index (χ2n) is 35.4. The molecule has 8 aliphatic rings. The highest BCUT2D eigenvalue weighted by atomic mass is 16.6. The van der Waals surface area contributed by atoms with Gasteiger partial charge in [-0.15, -0.1) is 0 Å². The number of carbonyl (C=O) groups is 6. The van der Waals surface area contributed by atoms with Crippen LogP contribution in [-0.4, -0.2) is 69.4 Å². The molecule has 0 heterocycles. The van der Waals surface area contributed by atoms with Crippen LogP contribution in [0.2, 0.25) is 0 Å². The zero-order chi connectivity index (χ0) is 78.0. The van der Waals surface area contributed by atoms with Gasteiger partial charge in [-0.25, -0.2) is 28.8 Å². The minimum atomic E-state index is -0.337. The molecule has 0 aromatic carbocycles. The number of carbonyl (C=O) groups excluding carboxylic acids is 6. The summed E-state index contributed by atoms with van der Waals surface area (Å²) in [6.07, 6.45) is 65.6. The van der Waals surface area contributed by atoms with E-state index in [0.29, 0.717) is 57.5 Å². The van der Waals surface area contributed by atoms with Gasteiger partial charge in [-0.1, -0.05) is 232 Å². The van der Waals surface area contributed by atoms with Crippen LogP contribution >= 0.6 is 0 Å². The first-order valence-electron chi connectivity index (χ1n) is 43.0. The average Bonchev–Trinajstić information content (AvgIpc) is 0.782. The summed E-state index contributed by atoms with van der Waals surface area (Å²) >= 11 is 0. The van der Waals surface area contributed by atoms with E-state index in [1.807, 2.05) is 13.8 Å². The van der Waals surface area contributed by atoms with Crippen LogP contribution in [0.15, 0.2) is 73.4 Å². The summed E-state index contributed by atoms with van der Waals surface area (Å²) < 4.78 is 34.3. The third-order valence-corrected chi connectivity index (χ3v) is 24.9. The Balaban J connectivity index is 0.000000328. The van der Waals surface area contributed by atoms with Crippen LogP contribution < -0.4 is 0 Å². The van der Waals surface area contributed by atoms with Gasteiger partial charge in [0.2, 0.25) is 0 Å². The molecule has 0 aromatic heterocycles. The number of hydrogen-bond donors (Lipinski definition) is 0. The smallest absolute Gasteiger partial charge is 0.333 e. The Kier molecular flexibility index (Phi) is 45.1. The molecule has 0 unspecified atom stereocenters. The molecule has 602 valence electrons. The maximum atomic E-state index is 12.1. The molecule has 0 spiro atoms. The Bertz CT molecular complexity index is 2530. The van der Waals surface area contributed by atoms with Crippen LogP contribution in [0.4, 0.5) is 0 Å². The quantitative estimate of drug-likeness (QED) is 0.0772. The number of rotatable bonds is 17. The first-order chi connectivity index (χ1) is 49.7. The fraction of sp³-hybridized carbons (Fsp3) is 0.806. The van der Waals surface area contributed by atoms with Crippen molar-refractivity contribution in [3.05, 3.63) is 73.4 Å². The molecule has 0 N–H and O–H groups in total. The van der Waals surface area contributed by atoms with Gasteiger partial charge >= 0.3 is 35.8 Å². The summed E-state index contributed by atoms with van der Waals surface area (Å²) in [6.45, 7) is 45.1. The van der Waals surface area contributed by atoms with Crippen molar-refractivity contribution in [1.29, 1.82) is 0 Å². The molecular formula is C93H158O12. The third-order valence-electron chi connectivity index (χ3n) is 24.9. The average molecular weight is 1470 g/mol. The molecule has 0 bridgehead atoms. The van der Waals surface area contributed by atoms with Gasteiger partial charge in [0.05, 0.1) is 0 Å². The van der Waals surface area contributed by atoms with Gasteiger partial charge < -0.3 is 28.4 Å². The number of hydrogen-bond acceptors (Lipinski definition) is 12. The van der Waals surface area contributed by atoms with Gasteiger partial charge in [-0.05, 0) is 254 Å². The highest BCUT2D eigenvalue weighted by molar-refractivity contribution is 5.89. The summed E-state index contributed by atoms with van der Waals surface area (Å²) in [5.41, 5.74) is 0.856. The van der Waals surface area contributed by atoms with Crippen LogP contribution in [0, 0.1) is 29.6 Å². The minimum Gasteiger partial charge on any atom is -0.456 e. The molecule has 12 nitrogen and oxygen atoms in total. The Morgan fingerprint density at radius 3 is 0.667 bits per heavy atom. The van der Waals surface area contributed by atoms with Crippen LogP contribution in [0.5, 0.6) is 0 Å². The van der Waals surface area contributed by atoms with Gasteiger partial charge in [-0.3, -0.25) is 0 Å². The van der Waals surface area contributed by atoms with Crippen molar-refractivity contribution >= 4 is 35.8 Å². The highest BCUT2D eigenvalue weighted by Gasteiger charge is 2.47. The van der Waals surface area contributed by atoms with Gasteiger partial charge in [0.15, 0.2) is 0 Å². The van der Waals surface area contributed by atoms with Crippen molar-refractivity contribution in [2.45, 2.75) is 451 Å². The van der Waals surface area contributed by atoms with Gasteiger partial charge in [-0.2, -0.15) is 0 Å². The normalized spacial score (nSPS) is 21.6. The zero-order valence-corrected chi connectivity index (χ0v) is 69.9. The van der Waals surface area contributed by atoms with Crippen molar-refractivity contribution in [3.8, 4) is 0 Å². The van der Waals surface area contributed by atoms with Crippen molar-refractivity contribution < 1.29 is 57.2 Å². The first-order valence-corrected chi connectivity index (χ1v) is 43.0.